The van der Waals surface area contributed by atoms with Crippen molar-refractivity contribution in [2.45, 2.75) is 17.5 Å². The van der Waals surface area contributed by atoms with E-state index in [4.69, 9.17) is 0 Å². The maximum absolute atomic E-state index is 13.2. The van der Waals surface area contributed by atoms with Crippen LogP contribution in [0.3, 0.4) is 0 Å². The van der Waals surface area contributed by atoms with Crippen molar-refractivity contribution in [3.05, 3.63) is 65.5 Å². The number of hydrogen-bond donors (Lipinski definition) is 1. The summed E-state index contributed by atoms with van der Waals surface area (Å²) in [6, 6.07) is 12.5. The molecule has 2 aromatic rings. The largest absolute Gasteiger partial charge is 0.387 e. The van der Waals surface area contributed by atoms with Crippen LogP contribution in [0.15, 0.2) is 53.4 Å². The van der Waals surface area contributed by atoms with E-state index in [1.54, 1.807) is 18.2 Å². The highest BCUT2D eigenvalue weighted by molar-refractivity contribution is 7.90. The summed E-state index contributed by atoms with van der Waals surface area (Å²) in [6.45, 7) is 0.866. The van der Waals surface area contributed by atoms with Crippen LogP contribution in [-0.4, -0.2) is 38.3 Å². The summed E-state index contributed by atoms with van der Waals surface area (Å²) in [7, 11) is -1.41. The Bertz CT molecular complexity index is 760. The summed E-state index contributed by atoms with van der Waals surface area (Å²) in [4.78, 5) is 2.10. The molecule has 1 N–H and O–H groups in total. The van der Waals surface area contributed by atoms with E-state index >= 15 is 0 Å². The molecule has 0 aromatic heterocycles. The van der Waals surface area contributed by atoms with Crippen molar-refractivity contribution in [2.75, 3.05) is 19.8 Å². The van der Waals surface area contributed by atoms with Crippen LogP contribution in [0.4, 0.5) is 4.39 Å². The van der Waals surface area contributed by atoms with Crippen LogP contribution < -0.4 is 0 Å². The summed E-state index contributed by atoms with van der Waals surface area (Å²) < 4.78 is 36.0. The number of nitrogens with zero attached hydrogens (tertiary/aromatic N) is 1. The van der Waals surface area contributed by atoms with Crippen molar-refractivity contribution in [2.24, 2.45) is 0 Å². The number of rotatable bonds is 6. The molecule has 0 amide bonds. The van der Waals surface area contributed by atoms with Gasteiger partial charge in [-0.1, -0.05) is 24.3 Å². The van der Waals surface area contributed by atoms with Gasteiger partial charge < -0.3 is 5.11 Å². The maximum Gasteiger partial charge on any atom is 0.175 e. The van der Waals surface area contributed by atoms with Gasteiger partial charge in [-0.3, -0.25) is 4.90 Å². The van der Waals surface area contributed by atoms with Crippen molar-refractivity contribution in [1.29, 1.82) is 0 Å². The summed E-state index contributed by atoms with van der Waals surface area (Å²) >= 11 is 0. The van der Waals surface area contributed by atoms with Crippen LogP contribution in [0.1, 0.15) is 17.2 Å². The molecule has 0 spiro atoms. The van der Waals surface area contributed by atoms with Crippen molar-refractivity contribution >= 4 is 9.84 Å². The average molecular weight is 337 g/mol. The van der Waals surface area contributed by atoms with Gasteiger partial charge in [0.25, 0.3) is 0 Å². The van der Waals surface area contributed by atoms with E-state index in [1.165, 1.54) is 24.3 Å². The van der Waals surface area contributed by atoms with Crippen LogP contribution >= 0.6 is 0 Å². The SMILES string of the molecule is CN(Cc1cccc(F)c1)CC(O)c1ccc(S(C)(=O)=O)cc1. The highest BCUT2D eigenvalue weighted by Crippen LogP contribution is 2.18. The Labute approximate surface area is 136 Å². The lowest BCUT2D eigenvalue weighted by Crippen LogP contribution is -2.24. The van der Waals surface area contributed by atoms with E-state index in [1.807, 2.05) is 18.0 Å². The Morgan fingerprint density at radius 1 is 1.17 bits per heavy atom. The van der Waals surface area contributed by atoms with Crippen molar-refractivity contribution in [3.63, 3.8) is 0 Å². The average Bonchev–Trinajstić information content (AvgIpc) is 2.46. The Hall–Kier alpha value is -1.76. The van der Waals surface area contributed by atoms with E-state index in [0.717, 1.165) is 11.8 Å². The molecule has 0 saturated carbocycles. The van der Waals surface area contributed by atoms with Gasteiger partial charge in [-0.05, 0) is 42.4 Å². The molecule has 0 aliphatic heterocycles. The topological polar surface area (TPSA) is 57.6 Å². The van der Waals surface area contributed by atoms with E-state index in [0.29, 0.717) is 18.7 Å². The Morgan fingerprint density at radius 3 is 2.39 bits per heavy atom. The van der Waals surface area contributed by atoms with Crippen molar-refractivity contribution in [1.82, 2.24) is 4.90 Å². The summed E-state index contributed by atoms with van der Waals surface area (Å²) in [6.07, 6.45) is 0.396. The van der Waals surface area contributed by atoms with E-state index < -0.39 is 15.9 Å². The second kappa shape index (κ2) is 7.21. The lowest BCUT2D eigenvalue weighted by atomic mass is 10.1. The molecule has 0 aliphatic carbocycles. The highest BCUT2D eigenvalue weighted by atomic mass is 32.2. The second-order valence-electron chi connectivity index (χ2n) is 5.68. The third-order valence-electron chi connectivity index (χ3n) is 3.52. The Kier molecular flexibility index (Phi) is 5.51. The van der Waals surface area contributed by atoms with Crippen LogP contribution in [0.2, 0.25) is 0 Å². The van der Waals surface area contributed by atoms with Crippen LogP contribution in [-0.2, 0) is 16.4 Å². The molecule has 0 fully saturated rings. The van der Waals surface area contributed by atoms with E-state index in [2.05, 4.69) is 0 Å². The quantitative estimate of drug-likeness (QED) is 0.879. The van der Waals surface area contributed by atoms with Gasteiger partial charge in [-0.15, -0.1) is 0 Å². The number of likely N-dealkylation sites (N-methyl/N-ethyl adjacent to an activating group) is 1. The van der Waals surface area contributed by atoms with Crippen molar-refractivity contribution in [3.8, 4) is 0 Å². The molecule has 0 aliphatic rings. The minimum atomic E-state index is -3.24. The first-order valence-electron chi connectivity index (χ1n) is 7.17. The summed E-state index contributed by atoms with van der Waals surface area (Å²) in [5.74, 6) is -0.284. The second-order valence-corrected chi connectivity index (χ2v) is 7.70. The third-order valence-corrected chi connectivity index (χ3v) is 4.65. The Morgan fingerprint density at radius 2 is 1.83 bits per heavy atom. The van der Waals surface area contributed by atoms with Gasteiger partial charge >= 0.3 is 0 Å². The molecule has 0 bridgehead atoms. The summed E-state index contributed by atoms with van der Waals surface area (Å²) in [5, 5.41) is 10.3. The fraction of sp³-hybridized carbons (Fsp3) is 0.294. The standard InChI is InChI=1S/C17H20FNO3S/c1-19(11-13-4-3-5-15(18)10-13)12-17(20)14-6-8-16(9-7-14)23(2,21)22/h3-10,17,20H,11-12H2,1-2H3. The molecular weight excluding hydrogens is 317 g/mol. The predicted octanol–water partition coefficient (Wildman–Crippen LogP) is 2.39. The molecule has 124 valence electrons. The van der Waals surface area contributed by atoms with Crippen molar-refractivity contribution < 1.29 is 17.9 Å². The first-order valence-corrected chi connectivity index (χ1v) is 9.06. The first kappa shape index (κ1) is 17.6. The van der Waals surface area contributed by atoms with Gasteiger partial charge in [0, 0.05) is 19.3 Å². The van der Waals surface area contributed by atoms with Crippen LogP contribution in [0, 0.1) is 5.82 Å². The van der Waals surface area contributed by atoms with Gasteiger partial charge in [0.1, 0.15) is 5.82 Å². The zero-order valence-corrected chi connectivity index (χ0v) is 13.9. The molecule has 1 unspecified atom stereocenters. The monoisotopic (exact) mass is 337 g/mol. The van der Waals surface area contributed by atoms with Gasteiger partial charge in [0.2, 0.25) is 0 Å². The first-order chi connectivity index (χ1) is 10.8. The van der Waals surface area contributed by atoms with Gasteiger partial charge in [0.15, 0.2) is 9.84 Å². The minimum absolute atomic E-state index is 0.224. The normalized spacial score (nSPS) is 13.3. The molecule has 2 aromatic carbocycles. The van der Waals surface area contributed by atoms with Crippen LogP contribution in [0.25, 0.3) is 0 Å². The number of aliphatic hydroxyl groups is 1. The molecule has 0 radical (unpaired) electrons. The highest BCUT2D eigenvalue weighted by Gasteiger charge is 2.13. The van der Waals surface area contributed by atoms with E-state index in [-0.39, 0.29) is 10.7 Å². The number of sulfone groups is 1. The minimum Gasteiger partial charge on any atom is -0.387 e. The van der Waals surface area contributed by atoms with Crippen LogP contribution in [0.5, 0.6) is 0 Å². The summed E-state index contributed by atoms with van der Waals surface area (Å²) in [5.41, 5.74) is 1.47. The van der Waals surface area contributed by atoms with Gasteiger partial charge in [-0.2, -0.15) is 0 Å². The molecule has 2 rings (SSSR count). The van der Waals surface area contributed by atoms with Gasteiger partial charge in [-0.25, -0.2) is 12.8 Å². The molecule has 23 heavy (non-hydrogen) atoms. The fourth-order valence-corrected chi connectivity index (χ4v) is 2.98. The molecule has 1 atom stereocenters. The molecule has 4 nitrogen and oxygen atoms in total. The lowest BCUT2D eigenvalue weighted by molar-refractivity contribution is 0.123. The molecule has 0 saturated heterocycles. The smallest absolute Gasteiger partial charge is 0.175 e. The molecular formula is C17H20FNO3S. The molecule has 0 heterocycles. The number of benzene rings is 2. The third kappa shape index (κ3) is 5.13. The fourth-order valence-electron chi connectivity index (χ4n) is 2.35. The molecule has 6 heteroatoms. The zero-order valence-electron chi connectivity index (χ0n) is 13.1. The number of halogens is 1. The predicted molar refractivity (Wildman–Crippen MR) is 87.2 cm³/mol. The van der Waals surface area contributed by atoms with E-state index in [9.17, 15) is 17.9 Å². The number of aliphatic hydroxyl groups excluding tert-OH is 1. The maximum atomic E-state index is 13.2. The Balaban J connectivity index is 1.99. The van der Waals surface area contributed by atoms with Gasteiger partial charge in [0.05, 0.1) is 11.0 Å². The number of hydrogen-bond acceptors (Lipinski definition) is 4. The zero-order chi connectivity index (χ0) is 17.0. The lowest BCUT2D eigenvalue weighted by Gasteiger charge is -2.21.